The van der Waals surface area contributed by atoms with Crippen molar-refractivity contribution in [2.75, 3.05) is 31.4 Å². The van der Waals surface area contributed by atoms with Gasteiger partial charge < -0.3 is 14.4 Å². The average Bonchev–Trinajstić information content (AvgIpc) is 2.66. The molecule has 0 saturated carbocycles. The number of anilines is 1. The minimum absolute atomic E-state index is 0.116. The molecule has 134 valence electrons. The molecule has 0 unspecified atom stereocenters. The minimum atomic E-state index is -3.16. The minimum Gasteiger partial charge on any atom is -0.493 e. The molecular weight excluding hydrogens is 338 g/mol. The second kappa shape index (κ2) is 6.96. The molecule has 25 heavy (non-hydrogen) atoms. The van der Waals surface area contributed by atoms with Gasteiger partial charge in [0.2, 0.25) is 0 Å². The highest BCUT2D eigenvalue weighted by molar-refractivity contribution is 7.91. The molecule has 1 aliphatic heterocycles. The molecule has 0 amide bonds. The summed E-state index contributed by atoms with van der Waals surface area (Å²) < 4.78 is 34.7. The third-order valence-electron chi connectivity index (χ3n) is 4.66. The standard InChI is InChI=1S/C19H23NO4S/c1-4-25(21,22)17-7-5-16(6-8-17)20-10-9-14-11-18(23-2)19(24-3)12-15(14)13-20/h5-8,11-12H,4,9-10,13H2,1-3H3. The zero-order chi connectivity index (χ0) is 18.0. The lowest BCUT2D eigenvalue weighted by Gasteiger charge is -2.31. The van der Waals surface area contributed by atoms with E-state index in [2.05, 4.69) is 4.90 Å². The first kappa shape index (κ1) is 17.6. The third-order valence-corrected chi connectivity index (χ3v) is 6.41. The second-order valence-corrected chi connectivity index (χ2v) is 8.32. The molecule has 0 saturated heterocycles. The van der Waals surface area contributed by atoms with Crippen LogP contribution in [0.5, 0.6) is 11.5 Å². The Kier molecular flexibility index (Phi) is 4.90. The fraction of sp³-hybridized carbons (Fsp3) is 0.368. The molecular formula is C19H23NO4S. The van der Waals surface area contributed by atoms with E-state index < -0.39 is 9.84 Å². The highest BCUT2D eigenvalue weighted by Crippen LogP contribution is 2.34. The van der Waals surface area contributed by atoms with Gasteiger partial charge in [0, 0.05) is 18.8 Å². The van der Waals surface area contributed by atoms with Crippen molar-refractivity contribution in [2.24, 2.45) is 0 Å². The topological polar surface area (TPSA) is 55.8 Å². The van der Waals surface area contributed by atoms with Gasteiger partial charge in [0.1, 0.15) is 0 Å². The van der Waals surface area contributed by atoms with Crippen molar-refractivity contribution in [3.8, 4) is 11.5 Å². The van der Waals surface area contributed by atoms with Crippen LogP contribution in [0.2, 0.25) is 0 Å². The molecule has 2 aromatic carbocycles. The number of hydrogen-bond acceptors (Lipinski definition) is 5. The van der Waals surface area contributed by atoms with Gasteiger partial charge in [-0.25, -0.2) is 8.42 Å². The van der Waals surface area contributed by atoms with E-state index in [0.29, 0.717) is 4.90 Å². The largest absolute Gasteiger partial charge is 0.493 e. The van der Waals surface area contributed by atoms with Crippen LogP contribution >= 0.6 is 0 Å². The van der Waals surface area contributed by atoms with E-state index in [1.807, 2.05) is 24.3 Å². The van der Waals surface area contributed by atoms with Gasteiger partial charge in [-0.3, -0.25) is 0 Å². The van der Waals surface area contributed by atoms with Crippen molar-refractivity contribution < 1.29 is 17.9 Å². The molecule has 0 aliphatic carbocycles. The summed E-state index contributed by atoms with van der Waals surface area (Å²) in [6, 6.07) is 11.2. The van der Waals surface area contributed by atoms with Gasteiger partial charge in [-0.15, -0.1) is 0 Å². The predicted molar refractivity (Wildman–Crippen MR) is 98.5 cm³/mol. The van der Waals surface area contributed by atoms with Gasteiger partial charge in [0.25, 0.3) is 0 Å². The Labute approximate surface area is 149 Å². The average molecular weight is 361 g/mol. The molecule has 0 atom stereocenters. The molecule has 6 heteroatoms. The van der Waals surface area contributed by atoms with Crippen molar-refractivity contribution in [2.45, 2.75) is 24.8 Å². The Morgan fingerprint density at radius 2 is 1.60 bits per heavy atom. The van der Waals surface area contributed by atoms with Gasteiger partial charge in [0.05, 0.1) is 24.9 Å². The Hall–Kier alpha value is -2.21. The van der Waals surface area contributed by atoms with Crippen LogP contribution in [-0.4, -0.2) is 34.9 Å². The van der Waals surface area contributed by atoms with Gasteiger partial charge in [0.15, 0.2) is 21.3 Å². The maximum Gasteiger partial charge on any atom is 0.178 e. The van der Waals surface area contributed by atoms with Gasteiger partial charge in [-0.1, -0.05) is 6.92 Å². The molecule has 0 bridgehead atoms. The van der Waals surface area contributed by atoms with E-state index >= 15 is 0 Å². The van der Waals surface area contributed by atoms with E-state index in [1.54, 1.807) is 33.3 Å². The number of fused-ring (bicyclic) bond motifs is 1. The van der Waals surface area contributed by atoms with Crippen LogP contribution in [0.4, 0.5) is 5.69 Å². The van der Waals surface area contributed by atoms with Crippen LogP contribution in [-0.2, 0) is 22.8 Å². The molecule has 0 spiro atoms. The Morgan fingerprint density at radius 1 is 1.00 bits per heavy atom. The van der Waals surface area contributed by atoms with Crippen LogP contribution in [0, 0.1) is 0 Å². The van der Waals surface area contributed by atoms with Crippen LogP contribution in [0.3, 0.4) is 0 Å². The fourth-order valence-corrected chi connectivity index (χ4v) is 4.02. The number of ether oxygens (including phenoxy) is 2. The monoisotopic (exact) mass is 361 g/mol. The highest BCUT2D eigenvalue weighted by Gasteiger charge is 2.20. The van der Waals surface area contributed by atoms with E-state index in [-0.39, 0.29) is 5.75 Å². The molecule has 0 radical (unpaired) electrons. The normalized spacial score (nSPS) is 14.1. The number of hydrogen-bond donors (Lipinski definition) is 0. The van der Waals surface area contributed by atoms with Crippen LogP contribution in [0.15, 0.2) is 41.3 Å². The SMILES string of the molecule is CCS(=O)(=O)c1ccc(N2CCc3cc(OC)c(OC)cc3C2)cc1. The molecule has 0 N–H and O–H groups in total. The van der Waals surface area contributed by atoms with Gasteiger partial charge in [-0.2, -0.15) is 0 Å². The number of nitrogens with zero attached hydrogens (tertiary/aromatic N) is 1. The van der Waals surface area contributed by atoms with E-state index in [1.165, 1.54) is 11.1 Å². The van der Waals surface area contributed by atoms with E-state index in [9.17, 15) is 8.42 Å². The molecule has 3 rings (SSSR count). The lowest BCUT2D eigenvalue weighted by atomic mass is 9.98. The van der Waals surface area contributed by atoms with Crippen LogP contribution in [0.25, 0.3) is 0 Å². The van der Waals surface area contributed by atoms with Gasteiger partial charge in [-0.05, 0) is 53.9 Å². The molecule has 5 nitrogen and oxygen atoms in total. The number of rotatable bonds is 5. The lowest BCUT2D eigenvalue weighted by molar-refractivity contribution is 0.353. The molecule has 2 aromatic rings. The number of methoxy groups -OCH3 is 2. The maximum atomic E-state index is 11.9. The Morgan fingerprint density at radius 3 is 2.16 bits per heavy atom. The van der Waals surface area contributed by atoms with Crippen LogP contribution < -0.4 is 14.4 Å². The van der Waals surface area contributed by atoms with Crippen LogP contribution in [0.1, 0.15) is 18.1 Å². The van der Waals surface area contributed by atoms with E-state index in [4.69, 9.17) is 9.47 Å². The smallest absolute Gasteiger partial charge is 0.178 e. The summed E-state index contributed by atoms with van der Waals surface area (Å²) in [5.41, 5.74) is 3.49. The first-order valence-corrected chi connectivity index (χ1v) is 9.95. The number of sulfone groups is 1. The summed E-state index contributed by atoms with van der Waals surface area (Å²) in [4.78, 5) is 2.62. The molecule has 1 heterocycles. The summed E-state index contributed by atoms with van der Waals surface area (Å²) in [6.07, 6.45) is 0.907. The molecule has 0 aromatic heterocycles. The third kappa shape index (κ3) is 3.44. The Bertz CT molecular complexity index is 860. The quantitative estimate of drug-likeness (QED) is 0.819. The number of benzene rings is 2. The lowest BCUT2D eigenvalue weighted by Crippen LogP contribution is -2.30. The first-order chi connectivity index (χ1) is 12.0. The second-order valence-electron chi connectivity index (χ2n) is 6.04. The fourth-order valence-electron chi connectivity index (χ4n) is 3.13. The van der Waals surface area contributed by atoms with Crippen molar-refractivity contribution >= 4 is 15.5 Å². The van der Waals surface area contributed by atoms with Crippen molar-refractivity contribution in [1.29, 1.82) is 0 Å². The summed E-state index contributed by atoms with van der Waals surface area (Å²) >= 11 is 0. The zero-order valence-corrected chi connectivity index (χ0v) is 15.6. The maximum absolute atomic E-state index is 11.9. The van der Waals surface area contributed by atoms with Gasteiger partial charge >= 0.3 is 0 Å². The molecule has 1 aliphatic rings. The summed E-state index contributed by atoms with van der Waals surface area (Å²) in [6.45, 7) is 3.30. The summed E-state index contributed by atoms with van der Waals surface area (Å²) in [5.74, 6) is 1.60. The molecule has 0 fully saturated rings. The highest BCUT2D eigenvalue weighted by atomic mass is 32.2. The zero-order valence-electron chi connectivity index (χ0n) is 14.8. The summed E-state index contributed by atoms with van der Waals surface area (Å²) in [5, 5.41) is 0. The first-order valence-electron chi connectivity index (χ1n) is 8.30. The van der Waals surface area contributed by atoms with Crippen molar-refractivity contribution in [3.05, 3.63) is 47.5 Å². The van der Waals surface area contributed by atoms with Crippen molar-refractivity contribution in [1.82, 2.24) is 0 Å². The van der Waals surface area contributed by atoms with Crippen molar-refractivity contribution in [3.63, 3.8) is 0 Å². The predicted octanol–water partition coefficient (Wildman–Crippen LogP) is 3.06. The van der Waals surface area contributed by atoms with E-state index in [0.717, 1.165) is 36.7 Å². The Balaban J connectivity index is 1.85. The summed E-state index contributed by atoms with van der Waals surface area (Å²) in [7, 11) is 0.121.